The summed E-state index contributed by atoms with van der Waals surface area (Å²) in [6.45, 7) is 3.58. The smallest absolute Gasteiger partial charge is 0.151 e. The molecule has 0 unspecified atom stereocenters. The van der Waals surface area contributed by atoms with E-state index in [1.165, 1.54) is 10.7 Å². The van der Waals surface area contributed by atoms with Gasteiger partial charge in [-0.15, -0.1) is 4.91 Å². The molecule has 19 heavy (non-hydrogen) atoms. The van der Waals surface area contributed by atoms with Crippen molar-refractivity contribution >= 4 is 5.69 Å². The van der Waals surface area contributed by atoms with Crippen molar-refractivity contribution in [2.45, 2.75) is 20.4 Å². The van der Waals surface area contributed by atoms with E-state index < -0.39 is 5.82 Å². The summed E-state index contributed by atoms with van der Waals surface area (Å²) in [6.07, 6.45) is 0. The molecular formula is C13H11FN4O. The van der Waals surface area contributed by atoms with E-state index in [4.69, 9.17) is 5.26 Å². The quantitative estimate of drug-likeness (QED) is 0.794. The normalized spacial score (nSPS) is 10.2. The lowest BCUT2D eigenvalue weighted by atomic mass is 10.1. The molecule has 1 aromatic carbocycles. The van der Waals surface area contributed by atoms with E-state index in [0.29, 0.717) is 17.0 Å². The summed E-state index contributed by atoms with van der Waals surface area (Å²) in [4.78, 5) is 10.7. The average Bonchev–Trinajstić information content (AvgIpc) is 2.66. The van der Waals surface area contributed by atoms with Gasteiger partial charge in [-0.25, -0.2) is 4.39 Å². The predicted octanol–water partition coefficient (Wildman–Crippen LogP) is 2.96. The minimum absolute atomic E-state index is 0.194. The highest BCUT2D eigenvalue weighted by Gasteiger charge is 2.13. The van der Waals surface area contributed by atoms with Crippen molar-refractivity contribution in [3.05, 3.63) is 51.4 Å². The van der Waals surface area contributed by atoms with Crippen LogP contribution in [0, 0.1) is 35.9 Å². The van der Waals surface area contributed by atoms with Crippen molar-refractivity contribution in [3.63, 3.8) is 0 Å². The molecule has 96 valence electrons. The van der Waals surface area contributed by atoms with E-state index in [1.54, 1.807) is 26.0 Å². The SMILES string of the molecule is Cc1nn(Cc2ccc(C#N)cc2F)c(C)c1N=O. The van der Waals surface area contributed by atoms with Crippen molar-refractivity contribution in [3.8, 4) is 6.07 Å². The Hall–Kier alpha value is -2.55. The third-order valence-electron chi connectivity index (χ3n) is 2.94. The summed E-state index contributed by atoms with van der Waals surface area (Å²) >= 11 is 0. The number of hydrogen-bond acceptors (Lipinski definition) is 4. The maximum atomic E-state index is 13.8. The van der Waals surface area contributed by atoms with E-state index >= 15 is 0 Å². The number of aryl methyl sites for hydroxylation is 1. The van der Waals surface area contributed by atoms with Crippen molar-refractivity contribution < 1.29 is 4.39 Å². The topological polar surface area (TPSA) is 71.0 Å². The van der Waals surface area contributed by atoms with E-state index in [9.17, 15) is 9.30 Å². The Kier molecular flexibility index (Phi) is 3.38. The molecule has 0 N–H and O–H groups in total. The molecule has 0 fully saturated rings. The number of nitroso groups, excluding NO2 is 1. The van der Waals surface area contributed by atoms with E-state index in [-0.39, 0.29) is 17.8 Å². The van der Waals surface area contributed by atoms with Gasteiger partial charge in [0.2, 0.25) is 0 Å². The van der Waals surface area contributed by atoms with Crippen LogP contribution in [0.5, 0.6) is 0 Å². The van der Waals surface area contributed by atoms with Crippen molar-refractivity contribution in [2.24, 2.45) is 5.18 Å². The summed E-state index contributed by atoms with van der Waals surface area (Å²) in [7, 11) is 0. The summed E-state index contributed by atoms with van der Waals surface area (Å²) < 4.78 is 15.3. The molecule has 0 amide bonds. The fraction of sp³-hybridized carbons (Fsp3) is 0.231. The summed E-state index contributed by atoms with van der Waals surface area (Å²) in [5.74, 6) is -0.466. The zero-order valence-electron chi connectivity index (χ0n) is 10.5. The largest absolute Gasteiger partial charge is 0.263 e. The number of nitrogens with zero attached hydrogens (tertiary/aromatic N) is 4. The first-order valence-corrected chi connectivity index (χ1v) is 5.62. The molecule has 2 aromatic rings. The van der Waals surface area contributed by atoms with Crippen LogP contribution in [0.4, 0.5) is 10.1 Å². The monoisotopic (exact) mass is 258 g/mol. The van der Waals surface area contributed by atoms with Gasteiger partial charge in [0, 0.05) is 5.56 Å². The Morgan fingerprint density at radius 2 is 2.21 bits per heavy atom. The highest BCUT2D eigenvalue weighted by molar-refractivity contribution is 5.46. The van der Waals surface area contributed by atoms with Crippen molar-refractivity contribution in [2.75, 3.05) is 0 Å². The maximum absolute atomic E-state index is 13.8. The Morgan fingerprint density at radius 3 is 2.74 bits per heavy atom. The highest BCUT2D eigenvalue weighted by atomic mass is 19.1. The first kappa shape index (κ1) is 12.9. The first-order valence-electron chi connectivity index (χ1n) is 5.62. The van der Waals surface area contributed by atoms with Crippen LogP contribution in [0.3, 0.4) is 0 Å². The van der Waals surface area contributed by atoms with Gasteiger partial charge in [0.1, 0.15) is 5.82 Å². The fourth-order valence-electron chi connectivity index (χ4n) is 1.88. The van der Waals surface area contributed by atoms with Crippen LogP contribution in [0.25, 0.3) is 0 Å². The number of rotatable bonds is 3. The fourth-order valence-corrected chi connectivity index (χ4v) is 1.88. The molecule has 0 spiro atoms. The number of hydrogen-bond donors (Lipinski definition) is 0. The third-order valence-corrected chi connectivity index (χ3v) is 2.94. The van der Waals surface area contributed by atoms with Crippen LogP contribution >= 0.6 is 0 Å². The minimum Gasteiger partial charge on any atom is -0.263 e. The number of halogens is 1. The van der Waals surface area contributed by atoms with Crippen LogP contribution < -0.4 is 0 Å². The van der Waals surface area contributed by atoms with Crippen molar-refractivity contribution in [1.29, 1.82) is 5.26 Å². The Labute approximate surface area is 109 Å². The number of benzene rings is 1. The van der Waals surface area contributed by atoms with Crippen LogP contribution in [-0.4, -0.2) is 9.78 Å². The van der Waals surface area contributed by atoms with Gasteiger partial charge in [-0.2, -0.15) is 10.4 Å². The number of aromatic nitrogens is 2. The summed E-state index contributed by atoms with van der Waals surface area (Å²) in [5.41, 5.74) is 2.07. The average molecular weight is 258 g/mol. The van der Waals surface area contributed by atoms with Gasteiger partial charge >= 0.3 is 0 Å². The van der Waals surface area contributed by atoms with Crippen LogP contribution in [0.1, 0.15) is 22.5 Å². The zero-order chi connectivity index (χ0) is 14.0. The van der Waals surface area contributed by atoms with Gasteiger partial charge in [-0.1, -0.05) is 6.07 Å². The van der Waals surface area contributed by atoms with Gasteiger partial charge in [-0.05, 0) is 31.2 Å². The second-order valence-electron chi connectivity index (χ2n) is 4.19. The van der Waals surface area contributed by atoms with Gasteiger partial charge in [0.25, 0.3) is 0 Å². The van der Waals surface area contributed by atoms with E-state index in [2.05, 4.69) is 10.3 Å². The molecule has 0 saturated carbocycles. The predicted molar refractivity (Wildman–Crippen MR) is 67.4 cm³/mol. The highest BCUT2D eigenvalue weighted by Crippen LogP contribution is 2.23. The lowest BCUT2D eigenvalue weighted by Crippen LogP contribution is -2.06. The molecule has 0 bridgehead atoms. The van der Waals surface area contributed by atoms with E-state index in [1.807, 2.05) is 6.07 Å². The molecule has 0 aliphatic rings. The molecule has 2 rings (SSSR count). The molecule has 0 saturated heterocycles. The van der Waals surface area contributed by atoms with Gasteiger partial charge in [0.15, 0.2) is 5.69 Å². The molecular weight excluding hydrogens is 247 g/mol. The minimum atomic E-state index is -0.466. The molecule has 0 aliphatic carbocycles. The summed E-state index contributed by atoms with van der Waals surface area (Å²) in [6, 6.07) is 6.14. The molecule has 5 nitrogen and oxygen atoms in total. The Morgan fingerprint density at radius 1 is 1.47 bits per heavy atom. The Balaban J connectivity index is 2.37. The standard InChI is InChI=1S/C13H11FN4O/c1-8-13(17-19)9(2)18(16-8)7-11-4-3-10(6-15)5-12(11)14/h3-5H,7H2,1-2H3. The zero-order valence-corrected chi connectivity index (χ0v) is 10.5. The van der Waals surface area contributed by atoms with Crippen molar-refractivity contribution in [1.82, 2.24) is 9.78 Å². The van der Waals surface area contributed by atoms with Crippen LogP contribution in [0.15, 0.2) is 23.4 Å². The second-order valence-corrected chi connectivity index (χ2v) is 4.19. The molecule has 0 radical (unpaired) electrons. The number of nitriles is 1. The molecule has 0 atom stereocenters. The summed E-state index contributed by atoms with van der Waals surface area (Å²) in [5, 5.41) is 15.7. The van der Waals surface area contributed by atoms with E-state index in [0.717, 1.165) is 0 Å². The maximum Gasteiger partial charge on any atom is 0.151 e. The molecule has 6 heteroatoms. The Bertz CT molecular complexity index is 685. The molecule has 0 aliphatic heterocycles. The van der Waals surface area contributed by atoms with Gasteiger partial charge < -0.3 is 0 Å². The van der Waals surface area contributed by atoms with Gasteiger partial charge in [-0.3, -0.25) is 4.68 Å². The van der Waals surface area contributed by atoms with Crippen LogP contribution in [0.2, 0.25) is 0 Å². The second kappa shape index (κ2) is 4.98. The lowest BCUT2D eigenvalue weighted by Gasteiger charge is -2.06. The van der Waals surface area contributed by atoms with Crippen LogP contribution in [-0.2, 0) is 6.54 Å². The lowest BCUT2D eigenvalue weighted by molar-refractivity contribution is 0.578. The first-order chi connectivity index (χ1) is 9.06. The van der Waals surface area contributed by atoms with Gasteiger partial charge in [0.05, 0.1) is 29.6 Å². The molecule has 1 aromatic heterocycles. The molecule has 1 heterocycles. The third kappa shape index (κ3) is 2.36.